The molecule has 0 heterocycles. The maximum atomic E-state index is 12.2. The lowest BCUT2D eigenvalue weighted by Crippen LogP contribution is -2.31. The van der Waals surface area contributed by atoms with Crippen LogP contribution in [0.5, 0.6) is 0 Å². The van der Waals surface area contributed by atoms with Crippen LogP contribution >= 0.6 is 11.6 Å². The SMILES string of the molecule is O=C(Nc1ccc(Cl)cc1C(=O)C1CC1)NC1CC1. The minimum atomic E-state index is -0.255. The van der Waals surface area contributed by atoms with Crippen LogP contribution < -0.4 is 10.6 Å². The molecule has 2 fully saturated rings. The minimum absolute atomic E-state index is 0.0734. The molecule has 0 atom stereocenters. The van der Waals surface area contributed by atoms with Crippen LogP contribution in [-0.2, 0) is 0 Å². The first-order valence-electron chi connectivity index (χ1n) is 6.55. The van der Waals surface area contributed by atoms with Crippen molar-refractivity contribution >= 4 is 29.1 Å². The van der Waals surface area contributed by atoms with Crippen molar-refractivity contribution in [2.45, 2.75) is 31.7 Å². The van der Waals surface area contributed by atoms with Crippen molar-refractivity contribution in [3.63, 3.8) is 0 Å². The normalized spacial score (nSPS) is 17.9. The van der Waals surface area contributed by atoms with Gasteiger partial charge in [0.05, 0.1) is 5.69 Å². The Morgan fingerprint density at radius 2 is 1.89 bits per heavy atom. The summed E-state index contributed by atoms with van der Waals surface area (Å²) in [5.41, 5.74) is 1.06. The molecule has 4 nitrogen and oxygen atoms in total. The number of benzene rings is 1. The summed E-state index contributed by atoms with van der Waals surface area (Å²) in [4.78, 5) is 23.9. The molecular weight excluding hydrogens is 264 g/mol. The number of rotatable bonds is 4. The first-order valence-corrected chi connectivity index (χ1v) is 6.92. The number of amides is 2. The zero-order chi connectivity index (χ0) is 13.4. The standard InChI is InChI=1S/C14H15ClN2O2/c15-9-3-6-12(17-14(19)16-10-4-5-10)11(7-9)13(18)8-1-2-8/h3,6-8,10H,1-2,4-5H2,(H2,16,17,19). The molecule has 0 unspecified atom stereocenters. The van der Waals surface area contributed by atoms with Gasteiger partial charge in [-0.15, -0.1) is 0 Å². The molecule has 2 aliphatic rings. The lowest BCUT2D eigenvalue weighted by molar-refractivity contribution is 0.0968. The number of anilines is 1. The van der Waals surface area contributed by atoms with E-state index in [1.807, 2.05) is 0 Å². The minimum Gasteiger partial charge on any atom is -0.335 e. The average Bonchev–Trinajstić information content (AvgIpc) is 3.23. The van der Waals surface area contributed by atoms with E-state index in [0.29, 0.717) is 16.3 Å². The Kier molecular flexibility index (Phi) is 3.19. The van der Waals surface area contributed by atoms with Crippen LogP contribution in [0.2, 0.25) is 5.02 Å². The van der Waals surface area contributed by atoms with Crippen LogP contribution in [0.1, 0.15) is 36.0 Å². The highest BCUT2D eigenvalue weighted by Gasteiger charge is 2.32. The lowest BCUT2D eigenvalue weighted by Gasteiger charge is -2.11. The summed E-state index contributed by atoms with van der Waals surface area (Å²) in [5.74, 6) is 0.176. The van der Waals surface area contributed by atoms with Crippen LogP contribution in [0, 0.1) is 5.92 Å². The quantitative estimate of drug-likeness (QED) is 0.831. The molecular formula is C14H15ClN2O2. The maximum Gasteiger partial charge on any atom is 0.319 e. The van der Waals surface area contributed by atoms with Crippen LogP contribution in [0.25, 0.3) is 0 Å². The molecule has 0 aromatic heterocycles. The summed E-state index contributed by atoms with van der Waals surface area (Å²) >= 11 is 5.94. The molecule has 1 aromatic carbocycles. The molecule has 3 rings (SSSR count). The van der Waals surface area contributed by atoms with Crippen molar-refractivity contribution in [1.29, 1.82) is 0 Å². The van der Waals surface area contributed by atoms with Gasteiger partial charge in [0.2, 0.25) is 0 Å². The molecule has 0 radical (unpaired) electrons. The number of urea groups is 1. The van der Waals surface area contributed by atoms with Gasteiger partial charge < -0.3 is 10.6 Å². The second-order valence-electron chi connectivity index (χ2n) is 5.20. The van der Waals surface area contributed by atoms with E-state index in [1.165, 1.54) is 0 Å². The molecule has 2 aliphatic carbocycles. The molecule has 5 heteroatoms. The van der Waals surface area contributed by atoms with Crippen molar-refractivity contribution in [2.75, 3.05) is 5.32 Å². The Morgan fingerprint density at radius 1 is 1.16 bits per heavy atom. The van der Waals surface area contributed by atoms with Gasteiger partial charge in [0.15, 0.2) is 5.78 Å². The van der Waals surface area contributed by atoms with E-state index in [2.05, 4.69) is 10.6 Å². The number of nitrogens with one attached hydrogen (secondary N) is 2. The maximum absolute atomic E-state index is 12.2. The smallest absolute Gasteiger partial charge is 0.319 e. The fraction of sp³-hybridized carbons (Fsp3) is 0.429. The zero-order valence-electron chi connectivity index (χ0n) is 10.4. The van der Waals surface area contributed by atoms with Gasteiger partial charge in [0.1, 0.15) is 0 Å². The Balaban J connectivity index is 1.78. The first kappa shape index (κ1) is 12.5. The van der Waals surface area contributed by atoms with Gasteiger partial charge >= 0.3 is 6.03 Å². The summed E-state index contributed by atoms with van der Waals surface area (Å²) in [6.45, 7) is 0. The molecule has 2 N–H and O–H groups in total. The van der Waals surface area contributed by atoms with E-state index in [9.17, 15) is 9.59 Å². The molecule has 0 bridgehead atoms. The monoisotopic (exact) mass is 278 g/mol. The van der Waals surface area contributed by atoms with Crippen molar-refractivity contribution in [3.05, 3.63) is 28.8 Å². The zero-order valence-corrected chi connectivity index (χ0v) is 11.2. The predicted molar refractivity (Wildman–Crippen MR) is 73.7 cm³/mol. The van der Waals surface area contributed by atoms with E-state index in [-0.39, 0.29) is 23.8 Å². The van der Waals surface area contributed by atoms with Crippen LogP contribution in [0.4, 0.5) is 10.5 Å². The van der Waals surface area contributed by atoms with Gasteiger partial charge in [0, 0.05) is 22.5 Å². The molecule has 0 aliphatic heterocycles. The Bertz CT molecular complexity index is 536. The average molecular weight is 279 g/mol. The van der Waals surface area contributed by atoms with Crippen molar-refractivity contribution in [2.24, 2.45) is 5.92 Å². The summed E-state index contributed by atoms with van der Waals surface area (Å²) in [7, 11) is 0. The molecule has 19 heavy (non-hydrogen) atoms. The Labute approximate surface area is 116 Å². The van der Waals surface area contributed by atoms with Gasteiger partial charge in [-0.1, -0.05) is 11.6 Å². The van der Waals surface area contributed by atoms with E-state index in [4.69, 9.17) is 11.6 Å². The number of carbonyl (C=O) groups excluding carboxylic acids is 2. The highest BCUT2D eigenvalue weighted by Crippen LogP contribution is 2.35. The Morgan fingerprint density at radius 3 is 2.53 bits per heavy atom. The van der Waals surface area contributed by atoms with Crippen LogP contribution in [0.15, 0.2) is 18.2 Å². The molecule has 0 saturated heterocycles. The van der Waals surface area contributed by atoms with Gasteiger partial charge in [-0.3, -0.25) is 4.79 Å². The van der Waals surface area contributed by atoms with Crippen molar-refractivity contribution < 1.29 is 9.59 Å². The van der Waals surface area contributed by atoms with Crippen molar-refractivity contribution in [1.82, 2.24) is 5.32 Å². The number of Topliss-reactive ketones (excluding diaryl/α,β-unsaturated/α-hetero) is 1. The van der Waals surface area contributed by atoms with Gasteiger partial charge in [-0.25, -0.2) is 4.79 Å². The highest BCUT2D eigenvalue weighted by molar-refractivity contribution is 6.31. The number of ketones is 1. The van der Waals surface area contributed by atoms with Crippen molar-refractivity contribution in [3.8, 4) is 0 Å². The summed E-state index contributed by atoms with van der Waals surface area (Å²) in [6, 6.07) is 5.03. The first-order chi connectivity index (χ1) is 9.13. The second kappa shape index (κ2) is 4.85. The summed E-state index contributed by atoms with van der Waals surface area (Å²) in [6.07, 6.45) is 3.92. The molecule has 1 aromatic rings. The van der Waals surface area contributed by atoms with Gasteiger partial charge in [-0.2, -0.15) is 0 Å². The van der Waals surface area contributed by atoms with Gasteiger partial charge in [-0.05, 0) is 43.9 Å². The Hall–Kier alpha value is -1.55. The topological polar surface area (TPSA) is 58.2 Å². The third-order valence-electron chi connectivity index (χ3n) is 3.36. The molecule has 100 valence electrons. The second-order valence-corrected chi connectivity index (χ2v) is 5.64. The lowest BCUT2D eigenvalue weighted by atomic mass is 10.1. The number of hydrogen-bond donors (Lipinski definition) is 2. The largest absolute Gasteiger partial charge is 0.335 e. The highest BCUT2D eigenvalue weighted by atomic mass is 35.5. The molecule has 2 amide bonds. The third kappa shape index (κ3) is 3.07. The summed E-state index contributed by atoms with van der Waals surface area (Å²) < 4.78 is 0. The van der Waals surface area contributed by atoms with E-state index in [1.54, 1.807) is 18.2 Å². The van der Waals surface area contributed by atoms with Crippen LogP contribution in [0.3, 0.4) is 0 Å². The number of hydrogen-bond acceptors (Lipinski definition) is 2. The third-order valence-corrected chi connectivity index (χ3v) is 3.59. The summed E-state index contributed by atoms with van der Waals surface area (Å²) in [5, 5.41) is 6.09. The van der Waals surface area contributed by atoms with E-state index in [0.717, 1.165) is 25.7 Å². The van der Waals surface area contributed by atoms with Gasteiger partial charge in [0.25, 0.3) is 0 Å². The number of carbonyl (C=O) groups is 2. The van der Waals surface area contributed by atoms with E-state index < -0.39 is 0 Å². The molecule has 2 saturated carbocycles. The van der Waals surface area contributed by atoms with E-state index >= 15 is 0 Å². The fourth-order valence-corrected chi connectivity index (χ4v) is 2.14. The number of halogens is 1. The predicted octanol–water partition coefficient (Wildman–Crippen LogP) is 3.22. The molecule has 0 spiro atoms. The van der Waals surface area contributed by atoms with Crippen LogP contribution in [-0.4, -0.2) is 17.9 Å². The fourth-order valence-electron chi connectivity index (χ4n) is 1.97.